The van der Waals surface area contributed by atoms with Gasteiger partial charge in [0, 0.05) is 17.3 Å². The van der Waals surface area contributed by atoms with Crippen molar-refractivity contribution < 1.29 is 14.6 Å². The van der Waals surface area contributed by atoms with Gasteiger partial charge >= 0.3 is 5.97 Å². The highest BCUT2D eigenvalue weighted by Gasteiger charge is 2.30. The molecule has 90 valence electrons. The molecule has 4 heteroatoms. The molecule has 0 radical (unpaired) electrons. The van der Waals surface area contributed by atoms with Crippen LogP contribution in [0.15, 0.2) is 42.6 Å². The van der Waals surface area contributed by atoms with Crippen LogP contribution in [0.5, 0.6) is 5.75 Å². The van der Waals surface area contributed by atoms with E-state index in [1.807, 2.05) is 36.4 Å². The van der Waals surface area contributed by atoms with E-state index < -0.39 is 11.9 Å². The minimum atomic E-state index is -0.848. The first-order valence-electron chi connectivity index (χ1n) is 5.66. The molecule has 0 fully saturated rings. The van der Waals surface area contributed by atoms with E-state index >= 15 is 0 Å². The van der Waals surface area contributed by atoms with Crippen molar-refractivity contribution in [1.82, 2.24) is 4.98 Å². The number of aliphatic carboxylic acids is 1. The molecule has 1 aliphatic heterocycles. The van der Waals surface area contributed by atoms with Crippen LogP contribution in [0.25, 0.3) is 11.3 Å². The number of pyridine rings is 1. The van der Waals surface area contributed by atoms with Gasteiger partial charge in [0.1, 0.15) is 18.3 Å². The zero-order valence-electron chi connectivity index (χ0n) is 9.54. The third-order valence-electron chi connectivity index (χ3n) is 3.05. The first-order chi connectivity index (χ1) is 8.75. The molecule has 2 aromatic rings. The number of nitrogens with zero attached hydrogens (tertiary/aromatic N) is 1. The van der Waals surface area contributed by atoms with Crippen LogP contribution >= 0.6 is 0 Å². The summed E-state index contributed by atoms with van der Waals surface area (Å²) in [4.78, 5) is 15.3. The maximum Gasteiger partial charge on any atom is 0.314 e. The number of carboxylic acid groups (broad SMARTS) is 1. The molecule has 4 nitrogen and oxygen atoms in total. The van der Waals surface area contributed by atoms with Crippen molar-refractivity contribution in [3.63, 3.8) is 0 Å². The van der Waals surface area contributed by atoms with Crippen molar-refractivity contribution >= 4 is 5.97 Å². The van der Waals surface area contributed by atoms with Crippen LogP contribution in [-0.2, 0) is 4.79 Å². The topological polar surface area (TPSA) is 59.4 Å². The number of benzene rings is 1. The third-order valence-corrected chi connectivity index (χ3v) is 3.05. The highest BCUT2D eigenvalue weighted by molar-refractivity contribution is 5.79. The average molecular weight is 241 g/mol. The van der Waals surface area contributed by atoms with Gasteiger partial charge in [0.05, 0.1) is 5.69 Å². The molecular formula is C14H11NO3. The Hall–Kier alpha value is -2.36. The summed E-state index contributed by atoms with van der Waals surface area (Å²) in [5, 5.41) is 9.05. The van der Waals surface area contributed by atoms with E-state index in [1.165, 1.54) is 0 Å². The van der Waals surface area contributed by atoms with Gasteiger partial charge in [0.2, 0.25) is 0 Å². The van der Waals surface area contributed by atoms with Gasteiger partial charge in [-0.3, -0.25) is 9.78 Å². The summed E-state index contributed by atoms with van der Waals surface area (Å²) in [6.45, 7) is 0.205. The molecule has 1 aromatic carbocycles. The first-order valence-corrected chi connectivity index (χ1v) is 5.66. The second-order valence-corrected chi connectivity index (χ2v) is 4.17. The van der Waals surface area contributed by atoms with E-state index in [1.54, 1.807) is 6.20 Å². The molecule has 3 rings (SSSR count). The van der Waals surface area contributed by atoms with Gasteiger partial charge in [-0.05, 0) is 18.2 Å². The molecule has 0 saturated heterocycles. The molecule has 1 N–H and O–H groups in total. The van der Waals surface area contributed by atoms with Crippen LogP contribution in [0.2, 0.25) is 0 Å². The zero-order valence-corrected chi connectivity index (χ0v) is 9.54. The summed E-state index contributed by atoms with van der Waals surface area (Å²) in [6, 6.07) is 11.2. The molecule has 0 bridgehead atoms. The summed E-state index contributed by atoms with van der Waals surface area (Å²) in [5.41, 5.74) is 2.52. The maximum atomic E-state index is 11.0. The van der Waals surface area contributed by atoms with Crippen molar-refractivity contribution in [2.75, 3.05) is 6.61 Å². The molecular weight excluding hydrogens is 230 g/mol. The van der Waals surface area contributed by atoms with Crippen molar-refractivity contribution in [3.8, 4) is 17.0 Å². The lowest BCUT2D eigenvalue weighted by atomic mass is 9.99. The quantitative estimate of drug-likeness (QED) is 0.876. The smallest absolute Gasteiger partial charge is 0.314 e. The molecule has 0 spiro atoms. The Morgan fingerprint density at radius 2 is 2.22 bits per heavy atom. The van der Waals surface area contributed by atoms with Crippen molar-refractivity contribution in [1.29, 1.82) is 0 Å². The van der Waals surface area contributed by atoms with Crippen molar-refractivity contribution in [3.05, 3.63) is 48.2 Å². The summed E-state index contributed by atoms with van der Waals surface area (Å²) in [5.74, 6) is -0.761. The number of ether oxygens (including phenoxy) is 1. The fourth-order valence-corrected chi connectivity index (χ4v) is 2.11. The fourth-order valence-electron chi connectivity index (χ4n) is 2.11. The number of hydrogen-bond acceptors (Lipinski definition) is 3. The van der Waals surface area contributed by atoms with Crippen molar-refractivity contribution in [2.45, 2.75) is 5.92 Å². The largest absolute Gasteiger partial charge is 0.492 e. The Morgan fingerprint density at radius 3 is 2.94 bits per heavy atom. The lowest BCUT2D eigenvalue weighted by molar-refractivity contribution is -0.138. The third kappa shape index (κ3) is 1.72. The van der Waals surface area contributed by atoms with Crippen molar-refractivity contribution in [2.24, 2.45) is 0 Å². The lowest BCUT2D eigenvalue weighted by Crippen LogP contribution is -2.12. The molecule has 1 aliphatic rings. The number of hydrogen-bond donors (Lipinski definition) is 1. The number of aromatic nitrogens is 1. The predicted octanol–water partition coefficient (Wildman–Crippen LogP) is 2.31. The van der Waals surface area contributed by atoms with E-state index in [0.717, 1.165) is 16.8 Å². The summed E-state index contributed by atoms with van der Waals surface area (Å²) >= 11 is 0. The zero-order chi connectivity index (χ0) is 12.5. The Morgan fingerprint density at radius 1 is 1.33 bits per heavy atom. The van der Waals surface area contributed by atoms with Crippen LogP contribution in [0.1, 0.15) is 11.5 Å². The minimum absolute atomic E-state index is 0.205. The number of fused-ring (bicyclic) bond motifs is 1. The summed E-state index contributed by atoms with van der Waals surface area (Å²) in [6.07, 6.45) is 1.73. The van der Waals surface area contributed by atoms with E-state index in [0.29, 0.717) is 5.75 Å². The summed E-state index contributed by atoms with van der Waals surface area (Å²) in [7, 11) is 0. The predicted molar refractivity (Wildman–Crippen MR) is 65.5 cm³/mol. The molecule has 0 saturated carbocycles. The van der Waals surface area contributed by atoms with Gasteiger partial charge in [-0.25, -0.2) is 0 Å². The standard InChI is InChI=1S/C14H11NO3/c16-14(17)11-8-18-13-7-9(4-5-10(11)13)12-3-1-2-6-15-12/h1-7,11H,8H2,(H,16,17). The van der Waals surface area contributed by atoms with E-state index in [2.05, 4.69) is 4.98 Å². The van der Waals surface area contributed by atoms with Gasteiger partial charge in [0.15, 0.2) is 0 Å². The SMILES string of the molecule is O=C(O)C1COc2cc(-c3ccccn3)ccc21. The summed E-state index contributed by atoms with van der Waals surface area (Å²) < 4.78 is 5.43. The van der Waals surface area contributed by atoms with Gasteiger partial charge in [-0.2, -0.15) is 0 Å². The van der Waals surface area contributed by atoms with E-state index in [9.17, 15) is 4.79 Å². The Bertz CT molecular complexity index is 595. The second-order valence-electron chi connectivity index (χ2n) is 4.17. The number of carboxylic acids is 1. The van der Waals surface area contributed by atoms with Crippen LogP contribution in [0.3, 0.4) is 0 Å². The first kappa shape index (κ1) is 10.8. The molecule has 0 amide bonds. The van der Waals surface area contributed by atoms with E-state index in [4.69, 9.17) is 9.84 Å². The lowest BCUT2D eigenvalue weighted by Gasteiger charge is -2.04. The fraction of sp³-hybridized carbons (Fsp3) is 0.143. The van der Waals surface area contributed by atoms with Crippen LogP contribution < -0.4 is 4.74 Å². The average Bonchev–Trinajstić information content (AvgIpc) is 2.82. The van der Waals surface area contributed by atoms with Crippen LogP contribution in [0, 0.1) is 0 Å². The molecule has 1 unspecified atom stereocenters. The molecule has 1 atom stereocenters. The molecule has 2 heterocycles. The highest BCUT2D eigenvalue weighted by Crippen LogP contribution is 2.36. The minimum Gasteiger partial charge on any atom is -0.492 e. The van der Waals surface area contributed by atoms with Crippen LogP contribution in [0.4, 0.5) is 0 Å². The molecule has 18 heavy (non-hydrogen) atoms. The van der Waals surface area contributed by atoms with Gasteiger partial charge in [0.25, 0.3) is 0 Å². The molecule has 1 aromatic heterocycles. The van der Waals surface area contributed by atoms with Gasteiger partial charge in [-0.1, -0.05) is 18.2 Å². The highest BCUT2D eigenvalue weighted by atomic mass is 16.5. The normalized spacial score (nSPS) is 17.0. The Balaban J connectivity index is 2.01. The van der Waals surface area contributed by atoms with Gasteiger partial charge < -0.3 is 9.84 Å². The van der Waals surface area contributed by atoms with Crippen LogP contribution in [-0.4, -0.2) is 22.7 Å². The van der Waals surface area contributed by atoms with Gasteiger partial charge in [-0.15, -0.1) is 0 Å². The van der Waals surface area contributed by atoms with E-state index in [-0.39, 0.29) is 6.61 Å². The Labute approximate surface area is 104 Å². The Kier molecular flexibility index (Phi) is 2.48. The second kappa shape index (κ2) is 4.14. The number of rotatable bonds is 2. The molecule has 0 aliphatic carbocycles. The maximum absolute atomic E-state index is 11.0. The monoisotopic (exact) mass is 241 g/mol. The number of carbonyl (C=O) groups is 1.